The quantitative estimate of drug-likeness (QED) is 0.796. The van der Waals surface area contributed by atoms with E-state index in [1.807, 2.05) is 21.8 Å². The van der Waals surface area contributed by atoms with Gasteiger partial charge >= 0.3 is 0 Å². The number of carbonyl (C=O) groups excluding carboxylic acids is 1. The molecule has 5 nitrogen and oxygen atoms in total. The number of halogens is 1. The first-order valence-corrected chi connectivity index (χ1v) is 9.41. The van der Waals surface area contributed by atoms with Gasteiger partial charge in [0.25, 0.3) is 0 Å². The zero-order valence-corrected chi connectivity index (χ0v) is 15.4. The van der Waals surface area contributed by atoms with Crippen molar-refractivity contribution in [3.8, 4) is 0 Å². The Morgan fingerprint density at radius 1 is 1.19 bits per heavy atom. The van der Waals surface area contributed by atoms with Crippen molar-refractivity contribution in [1.82, 2.24) is 19.6 Å². The van der Waals surface area contributed by atoms with Gasteiger partial charge in [0.1, 0.15) is 5.82 Å². The molecule has 1 fully saturated rings. The molecule has 140 valence electrons. The fourth-order valence-electron chi connectivity index (χ4n) is 3.51. The standard InChI is InChI=1S/C20H27FN4O/c1-2-25-19(7-9-22-25)8-12-23-10-4-11-24(14-13-23)20(26)16-17-5-3-6-18(21)15-17/h3,5-7,9,15H,2,4,8,10-14,16H2,1H3. The van der Waals surface area contributed by atoms with E-state index in [0.29, 0.717) is 0 Å². The molecule has 1 aliphatic rings. The van der Waals surface area contributed by atoms with E-state index in [-0.39, 0.29) is 18.1 Å². The molecule has 0 radical (unpaired) electrons. The van der Waals surface area contributed by atoms with Gasteiger partial charge in [-0.15, -0.1) is 0 Å². The molecular weight excluding hydrogens is 331 g/mol. The lowest BCUT2D eigenvalue weighted by molar-refractivity contribution is -0.130. The van der Waals surface area contributed by atoms with Crippen LogP contribution in [0.15, 0.2) is 36.5 Å². The summed E-state index contributed by atoms with van der Waals surface area (Å²) >= 11 is 0. The number of hydrogen-bond acceptors (Lipinski definition) is 3. The van der Waals surface area contributed by atoms with Crippen LogP contribution in [0.1, 0.15) is 24.6 Å². The molecule has 2 aromatic rings. The summed E-state index contributed by atoms with van der Waals surface area (Å²) in [6, 6.07) is 8.39. The number of hydrogen-bond donors (Lipinski definition) is 0. The van der Waals surface area contributed by atoms with E-state index in [9.17, 15) is 9.18 Å². The van der Waals surface area contributed by atoms with E-state index < -0.39 is 0 Å². The molecule has 0 bridgehead atoms. The largest absolute Gasteiger partial charge is 0.341 e. The molecule has 1 aromatic heterocycles. The van der Waals surface area contributed by atoms with Crippen LogP contribution in [-0.2, 0) is 24.2 Å². The van der Waals surface area contributed by atoms with Crippen molar-refractivity contribution in [3.63, 3.8) is 0 Å². The second-order valence-corrected chi connectivity index (χ2v) is 6.77. The average Bonchev–Trinajstić information content (AvgIpc) is 2.95. The Labute approximate surface area is 154 Å². The summed E-state index contributed by atoms with van der Waals surface area (Å²) in [5, 5.41) is 4.32. The van der Waals surface area contributed by atoms with Gasteiger partial charge in [0, 0.05) is 51.0 Å². The van der Waals surface area contributed by atoms with Crippen LogP contribution >= 0.6 is 0 Å². The van der Waals surface area contributed by atoms with E-state index in [4.69, 9.17) is 0 Å². The number of rotatable bonds is 6. The Hall–Kier alpha value is -2.21. The molecule has 1 aromatic carbocycles. The zero-order chi connectivity index (χ0) is 18.4. The fourth-order valence-corrected chi connectivity index (χ4v) is 3.51. The van der Waals surface area contributed by atoms with Crippen molar-refractivity contribution in [2.45, 2.75) is 32.7 Å². The van der Waals surface area contributed by atoms with E-state index in [1.54, 1.807) is 6.07 Å². The maximum Gasteiger partial charge on any atom is 0.227 e. The van der Waals surface area contributed by atoms with Gasteiger partial charge in [0.2, 0.25) is 5.91 Å². The van der Waals surface area contributed by atoms with Crippen LogP contribution in [0.2, 0.25) is 0 Å². The average molecular weight is 358 g/mol. The molecule has 2 heterocycles. The third-order valence-electron chi connectivity index (χ3n) is 4.97. The van der Waals surface area contributed by atoms with Crippen molar-refractivity contribution in [2.24, 2.45) is 0 Å². The predicted octanol–water partition coefficient (Wildman–Crippen LogP) is 2.36. The summed E-state index contributed by atoms with van der Waals surface area (Å²) in [6.45, 7) is 7.38. The number of carbonyl (C=O) groups is 1. The number of amides is 1. The van der Waals surface area contributed by atoms with Gasteiger partial charge in [-0.2, -0.15) is 5.10 Å². The first-order chi connectivity index (χ1) is 12.7. The lowest BCUT2D eigenvalue weighted by Crippen LogP contribution is -2.36. The molecule has 0 unspecified atom stereocenters. The Bertz CT molecular complexity index is 730. The van der Waals surface area contributed by atoms with Crippen LogP contribution in [-0.4, -0.2) is 58.2 Å². The van der Waals surface area contributed by atoms with Gasteiger partial charge in [0.15, 0.2) is 0 Å². The second kappa shape index (κ2) is 8.94. The van der Waals surface area contributed by atoms with Gasteiger partial charge < -0.3 is 9.80 Å². The molecule has 26 heavy (non-hydrogen) atoms. The van der Waals surface area contributed by atoms with Crippen LogP contribution in [0.5, 0.6) is 0 Å². The summed E-state index contributed by atoms with van der Waals surface area (Å²) in [6.07, 6.45) is 4.08. The first-order valence-electron chi connectivity index (χ1n) is 9.41. The van der Waals surface area contributed by atoms with Crippen LogP contribution in [0.25, 0.3) is 0 Å². The molecule has 3 rings (SSSR count). The van der Waals surface area contributed by atoms with Gasteiger partial charge in [-0.3, -0.25) is 9.48 Å². The van der Waals surface area contributed by atoms with E-state index in [1.165, 1.54) is 17.8 Å². The van der Waals surface area contributed by atoms with Crippen molar-refractivity contribution < 1.29 is 9.18 Å². The number of aromatic nitrogens is 2. The second-order valence-electron chi connectivity index (χ2n) is 6.77. The first kappa shape index (κ1) is 18.6. The van der Waals surface area contributed by atoms with Crippen molar-refractivity contribution in [3.05, 3.63) is 53.6 Å². The SMILES string of the molecule is CCn1nccc1CCN1CCCN(C(=O)Cc2cccc(F)c2)CC1. The smallest absolute Gasteiger partial charge is 0.227 e. The molecule has 1 amide bonds. The van der Waals surface area contributed by atoms with Crippen LogP contribution in [0.4, 0.5) is 4.39 Å². The van der Waals surface area contributed by atoms with Crippen molar-refractivity contribution >= 4 is 5.91 Å². The molecule has 1 aliphatic heterocycles. The molecule has 0 spiro atoms. The minimum Gasteiger partial charge on any atom is -0.341 e. The van der Waals surface area contributed by atoms with Crippen LogP contribution in [0, 0.1) is 5.82 Å². The molecule has 0 N–H and O–H groups in total. The summed E-state index contributed by atoms with van der Waals surface area (Å²) in [5.74, 6) is -0.204. The topological polar surface area (TPSA) is 41.4 Å². The normalized spacial score (nSPS) is 15.8. The Morgan fingerprint density at radius 2 is 2.08 bits per heavy atom. The minimum atomic E-state index is -0.288. The monoisotopic (exact) mass is 358 g/mol. The summed E-state index contributed by atoms with van der Waals surface area (Å²) in [5.41, 5.74) is 2.00. The molecule has 0 atom stereocenters. The molecule has 6 heteroatoms. The van der Waals surface area contributed by atoms with Gasteiger partial charge in [0.05, 0.1) is 6.42 Å². The molecule has 0 aliphatic carbocycles. The minimum absolute atomic E-state index is 0.0847. The molecule has 0 saturated carbocycles. The highest BCUT2D eigenvalue weighted by atomic mass is 19.1. The van der Waals surface area contributed by atoms with E-state index in [2.05, 4.69) is 23.0 Å². The highest BCUT2D eigenvalue weighted by molar-refractivity contribution is 5.78. The number of benzene rings is 1. The lowest BCUT2D eigenvalue weighted by atomic mass is 10.1. The van der Waals surface area contributed by atoms with Gasteiger partial charge in [-0.25, -0.2) is 4.39 Å². The predicted molar refractivity (Wildman–Crippen MR) is 99.3 cm³/mol. The molecular formula is C20H27FN4O. The third-order valence-corrected chi connectivity index (χ3v) is 4.97. The molecule has 1 saturated heterocycles. The fraction of sp³-hybridized carbons (Fsp3) is 0.500. The van der Waals surface area contributed by atoms with Crippen LogP contribution in [0.3, 0.4) is 0 Å². The van der Waals surface area contributed by atoms with Crippen LogP contribution < -0.4 is 0 Å². The third kappa shape index (κ3) is 4.91. The van der Waals surface area contributed by atoms with Gasteiger partial charge in [-0.1, -0.05) is 12.1 Å². The highest BCUT2D eigenvalue weighted by Gasteiger charge is 2.19. The highest BCUT2D eigenvalue weighted by Crippen LogP contribution is 2.10. The van der Waals surface area contributed by atoms with E-state index >= 15 is 0 Å². The van der Waals surface area contributed by atoms with Crippen molar-refractivity contribution in [1.29, 1.82) is 0 Å². The van der Waals surface area contributed by atoms with E-state index in [0.717, 1.165) is 57.7 Å². The number of aryl methyl sites for hydroxylation is 1. The Balaban J connectivity index is 1.49. The summed E-state index contributed by atoms with van der Waals surface area (Å²) in [4.78, 5) is 16.9. The summed E-state index contributed by atoms with van der Waals surface area (Å²) < 4.78 is 15.3. The number of nitrogens with zero attached hydrogens (tertiary/aromatic N) is 4. The van der Waals surface area contributed by atoms with Crippen molar-refractivity contribution in [2.75, 3.05) is 32.7 Å². The zero-order valence-electron chi connectivity index (χ0n) is 15.4. The Morgan fingerprint density at radius 3 is 2.88 bits per heavy atom. The van der Waals surface area contributed by atoms with Gasteiger partial charge in [-0.05, 0) is 43.7 Å². The lowest BCUT2D eigenvalue weighted by Gasteiger charge is -2.22. The Kier molecular flexibility index (Phi) is 6.39. The maximum atomic E-state index is 13.3. The summed E-state index contributed by atoms with van der Waals surface area (Å²) in [7, 11) is 0. The maximum absolute atomic E-state index is 13.3.